The fourth-order valence-electron chi connectivity index (χ4n) is 4.00. The molecule has 1 amide bonds. The minimum absolute atomic E-state index is 0.221. The summed E-state index contributed by atoms with van der Waals surface area (Å²) in [6.45, 7) is 7.12. The van der Waals surface area contributed by atoms with Crippen LogP contribution >= 0.6 is 0 Å². The Morgan fingerprint density at radius 2 is 1.74 bits per heavy atom. The maximum atomic E-state index is 12.9. The Balaban J connectivity index is 1.63. The average Bonchev–Trinajstić information content (AvgIpc) is 2.77. The van der Waals surface area contributed by atoms with Gasteiger partial charge in [-0.1, -0.05) is 6.42 Å². The van der Waals surface area contributed by atoms with E-state index >= 15 is 0 Å². The molecule has 5 nitrogen and oxygen atoms in total. The van der Waals surface area contributed by atoms with Crippen LogP contribution in [0.4, 0.5) is 5.95 Å². The largest absolute Gasteiger partial charge is 0.341 e. The Hall–Kier alpha value is -1.65. The van der Waals surface area contributed by atoms with Crippen molar-refractivity contribution < 1.29 is 4.79 Å². The van der Waals surface area contributed by atoms with E-state index in [1.807, 2.05) is 6.07 Å². The molecule has 2 fully saturated rings. The quantitative estimate of drug-likeness (QED) is 0.860. The summed E-state index contributed by atoms with van der Waals surface area (Å²) in [6.07, 6.45) is 9.13. The van der Waals surface area contributed by atoms with Crippen LogP contribution in [0.5, 0.6) is 0 Å². The van der Waals surface area contributed by atoms with Crippen molar-refractivity contribution in [1.29, 1.82) is 0 Å². The number of rotatable bonds is 3. The van der Waals surface area contributed by atoms with Crippen molar-refractivity contribution in [2.45, 2.75) is 52.0 Å². The molecule has 0 unspecified atom stereocenters. The van der Waals surface area contributed by atoms with Crippen LogP contribution in [0.15, 0.2) is 18.5 Å². The molecule has 0 spiro atoms. The molecule has 2 saturated heterocycles. The third kappa shape index (κ3) is 3.65. The molecule has 0 N–H and O–H groups in total. The smallest absolute Gasteiger partial charge is 0.226 e. The van der Waals surface area contributed by atoms with Crippen molar-refractivity contribution in [3.63, 3.8) is 0 Å². The van der Waals surface area contributed by atoms with E-state index in [0.29, 0.717) is 17.9 Å². The van der Waals surface area contributed by atoms with E-state index in [-0.39, 0.29) is 5.92 Å². The van der Waals surface area contributed by atoms with Crippen molar-refractivity contribution in [1.82, 2.24) is 14.9 Å². The molecule has 0 radical (unpaired) electrons. The molecule has 0 aromatic carbocycles. The van der Waals surface area contributed by atoms with Crippen molar-refractivity contribution in [3.05, 3.63) is 18.5 Å². The van der Waals surface area contributed by atoms with E-state index in [1.54, 1.807) is 12.4 Å². The third-order valence-corrected chi connectivity index (χ3v) is 5.33. The van der Waals surface area contributed by atoms with Crippen LogP contribution in [-0.2, 0) is 4.79 Å². The van der Waals surface area contributed by atoms with Gasteiger partial charge in [-0.2, -0.15) is 0 Å². The van der Waals surface area contributed by atoms with Crippen LogP contribution in [0.1, 0.15) is 46.0 Å². The Morgan fingerprint density at radius 3 is 2.39 bits per heavy atom. The summed E-state index contributed by atoms with van der Waals surface area (Å²) in [5.74, 6) is 1.95. The first-order valence-electron chi connectivity index (χ1n) is 8.99. The molecule has 3 rings (SSSR count). The second kappa shape index (κ2) is 7.28. The molecule has 2 aliphatic rings. The zero-order valence-corrected chi connectivity index (χ0v) is 14.3. The predicted octanol–water partition coefficient (Wildman–Crippen LogP) is 2.73. The molecule has 0 bridgehead atoms. The average molecular weight is 316 g/mol. The molecule has 2 aliphatic heterocycles. The SMILES string of the molecule is CC(C)N1CCCC[C@H](C2CCN(c3ncccn3)CC2)C1=O. The van der Waals surface area contributed by atoms with Crippen LogP contribution in [0.2, 0.25) is 0 Å². The number of piperidine rings is 1. The Kier molecular flexibility index (Phi) is 5.13. The maximum absolute atomic E-state index is 12.9. The van der Waals surface area contributed by atoms with Crippen LogP contribution in [0, 0.1) is 11.8 Å². The monoisotopic (exact) mass is 316 g/mol. The summed E-state index contributed by atoms with van der Waals surface area (Å²) in [5, 5.41) is 0. The third-order valence-electron chi connectivity index (χ3n) is 5.33. The number of hydrogen-bond donors (Lipinski definition) is 0. The van der Waals surface area contributed by atoms with E-state index in [1.165, 1.54) is 6.42 Å². The van der Waals surface area contributed by atoms with E-state index < -0.39 is 0 Å². The van der Waals surface area contributed by atoms with Crippen molar-refractivity contribution >= 4 is 11.9 Å². The highest BCUT2D eigenvalue weighted by Gasteiger charge is 2.36. The highest BCUT2D eigenvalue weighted by Crippen LogP contribution is 2.33. The lowest BCUT2D eigenvalue weighted by Crippen LogP contribution is -2.45. The molecule has 23 heavy (non-hydrogen) atoms. The highest BCUT2D eigenvalue weighted by atomic mass is 16.2. The zero-order valence-electron chi connectivity index (χ0n) is 14.3. The van der Waals surface area contributed by atoms with Gasteiger partial charge >= 0.3 is 0 Å². The Labute approximate surface area is 139 Å². The van der Waals surface area contributed by atoms with Gasteiger partial charge in [0.05, 0.1) is 0 Å². The number of likely N-dealkylation sites (tertiary alicyclic amines) is 1. The van der Waals surface area contributed by atoms with Gasteiger partial charge in [-0.15, -0.1) is 0 Å². The zero-order chi connectivity index (χ0) is 16.2. The number of aromatic nitrogens is 2. The van der Waals surface area contributed by atoms with E-state index in [4.69, 9.17) is 0 Å². The summed E-state index contributed by atoms with van der Waals surface area (Å²) in [5.41, 5.74) is 0. The van der Waals surface area contributed by atoms with Crippen LogP contribution in [0.3, 0.4) is 0 Å². The molecular weight excluding hydrogens is 288 g/mol. The lowest BCUT2D eigenvalue weighted by Gasteiger charge is -2.37. The molecule has 126 valence electrons. The number of hydrogen-bond acceptors (Lipinski definition) is 4. The Bertz CT molecular complexity index is 511. The Morgan fingerprint density at radius 1 is 1.04 bits per heavy atom. The summed E-state index contributed by atoms with van der Waals surface area (Å²) in [6, 6.07) is 2.17. The fraction of sp³-hybridized carbons (Fsp3) is 0.722. The summed E-state index contributed by atoms with van der Waals surface area (Å²) in [7, 11) is 0. The fourth-order valence-corrected chi connectivity index (χ4v) is 4.00. The first kappa shape index (κ1) is 16.2. The standard InChI is InChI=1S/C18H28N4O/c1-14(2)22-11-4-3-6-16(17(22)23)15-7-12-21(13-8-15)18-19-9-5-10-20-18/h5,9-10,14-16H,3-4,6-8,11-13H2,1-2H3/t16-/m1/s1. The van der Waals surface area contributed by atoms with Gasteiger partial charge in [-0.05, 0) is 51.5 Å². The van der Waals surface area contributed by atoms with Crippen LogP contribution in [0.25, 0.3) is 0 Å². The lowest BCUT2D eigenvalue weighted by atomic mass is 9.81. The van der Waals surface area contributed by atoms with Gasteiger partial charge in [0.25, 0.3) is 0 Å². The van der Waals surface area contributed by atoms with Gasteiger partial charge in [0.1, 0.15) is 0 Å². The lowest BCUT2D eigenvalue weighted by molar-refractivity contribution is -0.138. The van der Waals surface area contributed by atoms with E-state index in [9.17, 15) is 4.79 Å². The van der Waals surface area contributed by atoms with Gasteiger partial charge in [0.15, 0.2) is 0 Å². The first-order valence-corrected chi connectivity index (χ1v) is 8.99. The molecule has 3 heterocycles. The number of carbonyl (C=O) groups is 1. The normalized spacial score (nSPS) is 24.1. The highest BCUT2D eigenvalue weighted by molar-refractivity contribution is 5.79. The summed E-state index contributed by atoms with van der Waals surface area (Å²) >= 11 is 0. The van der Waals surface area contributed by atoms with Gasteiger partial charge in [-0.3, -0.25) is 4.79 Å². The van der Waals surface area contributed by atoms with Gasteiger partial charge < -0.3 is 9.80 Å². The van der Waals surface area contributed by atoms with Crippen molar-refractivity contribution in [2.24, 2.45) is 11.8 Å². The summed E-state index contributed by atoms with van der Waals surface area (Å²) in [4.78, 5) is 26.0. The van der Waals surface area contributed by atoms with E-state index in [0.717, 1.165) is 51.3 Å². The van der Waals surface area contributed by atoms with Gasteiger partial charge in [0.2, 0.25) is 11.9 Å². The minimum atomic E-state index is 0.221. The number of amides is 1. The number of anilines is 1. The molecule has 0 aliphatic carbocycles. The number of nitrogens with zero attached hydrogens (tertiary/aromatic N) is 4. The van der Waals surface area contributed by atoms with Crippen LogP contribution in [-0.4, -0.2) is 46.5 Å². The molecule has 0 saturated carbocycles. The van der Waals surface area contributed by atoms with Crippen molar-refractivity contribution in [2.75, 3.05) is 24.5 Å². The second-order valence-corrected chi connectivity index (χ2v) is 7.10. The maximum Gasteiger partial charge on any atom is 0.226 e. The van der Waals surface area contributed by atoms with Crippen LogP contribution < -0.4 is 4.90 Å². The second-order valence-electron chi connectivity index (χ2n) is 7.10. The number of carbonyl (C=O) groups excluding carboxylic acids is 1. The molecule has 5 heteroatoms. The topological polar surface area (TPSA) is 49.3 Å². The molecule has 1 aromatic heterocycles. The molecule has 1 aromatic rings. The molecule has 1 atom stereocenters. The van der Waals surface area contributed by atoms with Gasteiger partial charge in [0, 0.05) is 44.0 Å². The predicted molar refractivity (Wildman–Crippen MR) is 91.2 cm³/mol. The minimum Gasteiger partial charge on any atom is -0.341 e. The molecular formula is C18H28N4O. The first-order chi connectivity index (χ1) is 11.2. The summed E-state index contributed by atoms with van der Waals surface area (Å²) < 4.78 is 0. The van der Waals surface area contributed by atoms with E-state index in [2.05, 4.69) is 33.6 Å². The van der Waals surface area contributed by atoms with Crippen molar-refractivity contribution in [3.8, 4) is 0 Å². The van der Waals surface area contributed by atoms with Gasteiger partial charge in [-0.25, -0.2) is 9.97 Å².